The molecule has 2 atom stereocenters. The average Bonchev–Trinajstić information content (AvgIpc) is 2.62. The summed E-state index contributed by atoms with van der Waals surface area (Å²) in [4.78, 5) is 24.2. The minimum absolute atomic E-state index is 0.0445. The summed E-state index contributed by atoms with van der Waals surface area (Å²) in [6.07, 6.45) is 5.41. The van der Waals surface area contributed by atoms with Crippen LogP contribution in [0.15, 0.2) is 30.3 Å². The number of carbonyl (C=O) groups excluding carboxylic acids is 2. The van der Waals surface area contributed by atoms with Crippen molar-refractivity contribution < 1.29 is 19.1 Å². The highest BCUT2D eigenvalue weighted by Crippen LogP contribution is 2.19. The molecule has 4 nitrogen and oxygen atoms in total. The standard InChI is InChI=1S/C23H36O4/c1-6-20(22(25)26-17-19-14-10-8-11-15-19)16-12-7-9-13-18(2)21(24)27-23(3,4)5/h8,10-11,14-15,18,20H,6-7,9,12-13,16-17H2,1-5H3. The lowest BCUT2D eigenvalue weighted by Gasteiger charge is -2.22. The first kappa shape index (κ1) is 23.2. The molecule has 1 aromatic rings. The van der Waals surface area contributed by atoms with Crippen molar-refractivity contribution in [3.8, 4) is 0 Å². The zero-order valence-electron chi connectivity index (χ0n) is 17.6. The van der Waals surface area contributed by atoms with Gasteiger partial charge in [-0.15, -0.1) is 0 Å². The van der Waals surface area contributed by atoms with Gasteiger partial charge < -0.3 is 9.47 Å². The second-order valence-electron chi connectivity index (χ2n) is 8.27. The van der Waals surface area contributed by atoms with Gasteiger partial charge in [0.05, 0.1) is 11.8 Å². The summed E-state index contributed by atoms with van der Waals surface area (Å²) in [5.74, 6) is -0.360. The number of ether oxygens (including phenoxy) is 2. The van der Waals surface area contributed by atoms with E-state index in [1.165, 1.54) is 0 Å². The van der Waals surface area contributed by atoms with Gasteiger partial charge in [-0.3, -0.25) is 9.59 Å². The van der Waals surface area contributed by atoms with E-state index in [1.54, 1.807) is 0 Å². The third-order valence-corrected chi connectivity index (χ3v) is 4.55. The fraction of sp³-hybridized carbons (Fsp3) is 0.652. The second kappa shape index (κ2) is 11.8. The van der Waals surface area contributed by atoms with Crippen molar-refractivity contribution in [1.29, 1.82) is 0 Å². The van der Waals surface area contributed by atoms with Crippen molar-refractivity contribution in [3.63, 3.8) is 0 Å². The molecule has 0 bridgehead atoms. The molecule has 1 aromatic carbocycles. The Bertz CT molecular complexity index is 559. The number of carbonyl (C=O) groups is 2. The van der Waals surface area contributed by atoms with Crippen LogP contribution >= 0.6 is 0 Å². The lowest BCUT2D eigenvalue weighted by Crippen LogP contribution is -2.27. The smallest absolute Gasteiger partial charge is 0.309 e. The number of unbranched alkanes of at least 4 members (excludes halogenated alkanes) is 2. The van der Waals surface area contributed by atoms with E-state index in [1.807, 2.05) is 65.0 Å². The summed E-state index contributed by atoms with van der Waals surface area (Å²) < 4.78 is 10.9. The van der Waals surface area contributed by atoms with Gasteiger partial charge in [0.15, 0.2) is 0 Å². The van der Waals surface area contributed by atoms with E-state index >= 15 is 0 Å². The van der Waals surface area contributed by atoms with Gasteiger partial charge in [0.2, 0.25) is 0 Å². The molecule has 1 rings (SSSR count). The van der Waals surface area contributed by atoms with Crippen LogP contribution in [0.25, 0.3) is 0 Å². The van der Waals surface area contributed by atoms with E-state index < -0.39 is 5.60 Å². The maximum absolute atomic E-state index is 12.3. The number of esters is 2. The minimum Gasteiger partial charge on any atom is -0.461 e. The molecule has 152 valence electrons. The largest absolute Gasteiger partial charge is 0.461 e. The van der Waals surface area contributed by atoms with Gasteiger partial charge in [0.25, 0.3) is 0 Å². The van der Waals surface area contributed by atoms with Crippen molar-refractivity contribution in [3.05, 3.63) is 35.9 Å². The van der Waals surface area contributed by atoms with Crippen LogP contribution in [0.5, 0.6) is 0 Å². The minimum atomic E-state index is -0.431. The molecule has 0 saturated carbocycles. The molecular weight excluding hydrogens is 340 g/mol. The van der Waals surface area contributed by atoms with Gasteiger partial charge in [-0.25, -0.2) is 0 Å². The van der Waals surface area contributed by atoms with Crippen LogP contribution in [0.3, 0.4) is 0 Å². The highest BCUT2D eigenvalue weighted by Gasteiger charge is 2.21. The first-order valence-corrected chi connectivity index (χ1v) is 10.2. The fourth-order valence-corrected chi connectivity index (χ4v) is 2.87. The molecule has 0 saturated heterocycles. The highest BCUT2D eigenvalue weighted by atomic mass is 16.6. The SMILES string of the molecule is CCC(CCCCCC(C)C(=O)OC(C)(C)C)C(=O)OCc1ccccc1. The molecule has 0 aromatic heterocycles. The first-order chi connectivity index (χ1) is 12.7. The third kappa shape index (κ3) is 10.2. The van der Waals surface area contributed by atoms with Gasteiger partial charge in [-0.05, 0) is 45.6 Å². The van der Waals surface area contributed by atoms with E-state index in [-0.39, 0.29) is 23.8 Å². The molecule has 0 heterocycles. The maximum Gasteiger partial charge on any atom is 0.309 e. The molecule has 0 N–H and O–H groups in total. The highest BCUT2D eigenvalue weighted by molar-refractivity contribution is 5.72. The van der Waals surface area contributed by atoms with Crippen LogP contribution in [0.2, 0.25) is 0 Å². The zero-order valence-corrected chi connectivity index (χ0v) is 17.6. The van der Waals surface area contributed by atoms with E-state index in [4.69, 9.17) is 9.47 Å². The van der Waals surface area contributed by atoms with Crippen LogP contribution in [0, 0.1) is 11.8 Å². The van der Waals surface area contributed by atoms with Crippen LogP contribution in [-0.2, 0) is 25.7 Å². The topological polar surface area (TPSA) is 52.6 Å². The van der Waals surface area contributed by atoms with Crippen molar-refractivity contribution in [1.82, 2.24) is 0 Å². The maximum atomic E-state index is 12.3. The third-order valence-electron chi connectivity index (χ3n) is 4.55. The number of hydrogen-bond acceptors (Lipinski definition) is 4. The summed E-state index contributed by atoms with van der Waals surface area (Å²) in [6, 6.07) is 9.75. The second-order valence-corrected chi connectivity index (χ2v) is 8.27. The molecule has 0 aliphatic heterocycles. The van der Waals surface area contributed by atoms with Crippen molar-refractivity contribution >= 4 is 11.9 Å². The zero-order chi connectivity index (χ0) is 20.3. The monoisotopic (exact) mass is 376 g/mol. The molecule has 0 aliphatic carbocycles. The predicted molar refractivity (Wildman–Crippen MR) is 108 cm³/mol. The molecule has 27 heavy (non-hydrogen) atoms. The first-order valence-electron chi connectivity index (χ1n) is 10.2. The Morgan fingerprint density at radius 2 is 1.59 bits per heavy atom. The lowest BCUT2D eigenvalue weighted by molar-refractivity contribution is -0.159. The Morgan fingerprint density at radius 1 is 0.963 bits per heavy atom. The molecule has 4 heteroatoms. The van der Waals surface area contributed by atoms with E-state index in [0.29, 0.717) is 6.61 Å². The van der Waals surface area contributed by atoms with Gasteiger partial charge in [0, 0.05) is 0 Å². The molecule has 0 fully saturated rings. The van der Waals surface area contributed by atoms with Crippen LogP contribution in [0.1, 0.15) is 78.7 Å². The molecule has 2 unspecified atom stereocenters. The van der Waals surface area contributed by atoms with Crippen molar-refractivity contribution in [2.45, 2.75) is 85.4 Å². The molecular formula is C23H36O4. The molecule has 0 aliphatic rings. The summed E-state index contributed by atoms with van der Waals surface area (Å²) in [7, 11) is 0. The summed E-state index contributed by atoms with van der Waals surface area (Å²) in [5.41, 5.74) is 0.580. The number of hydrogen-bond donors (Lipinski definition) is 0. The fourth-order valence-electron chi connectivity index (χ4n) is 2.87. The molecule has 0 amide bonds. The quantitative estimate of drug-likeness (QED) is 0.368. The van der Waals surface area contributed by atoms with Crippen LogP contribution < -0.4 is 0 Å². The Labute approximate surface area is 164 Å². The summed E-state index contributed by atoms with van der Waals surface area (Å²) in [5, 5.41) is 0. The van der Waals surface area contributed by atoms with Crippen molar-refractivity contribution in [2.75, 3.05) is 0 Å². The Hall–Kier alpha value is -1.84. The molecule has 0 spiro atoms. The van der Waals surface area contributed by atoms with E-state index in [9.17, 15) is 9.59 Å². The average molecular weight is 377 g/mol. The Morgan fingerprint density at radius 3 is 2.19 bits per heavy atom. The predicted octanol–water partition coefficient (Wildman–Crippen LogP) is 5.68. The van der Waals surface area contributed by atoms with E-state index in [0.717, 1.165) is 44.1 Å². The number of rotatable bonds is 11. The van der Waals surface area contributed by atoms with Crippen LogP contribution in [-0.4, -0.2) is 17.5 Å². The summed E-state index contributed by atoms with van der Waals surface area (Å²) in [6.45, 7) is 9.95. The Balaban J connectivity index is 2.22. The summed E-state index contributed by atoms with van der Waals surface area (Å²) >= 11 is 0. The van der Waals surface area contributed by atoms with E-state index in [2.05, 4.69) is 0 Å². The normalized spacial score (nSPS) is 13.7. The molecule has 0 radical (unpaired) electrons. The van der Waals surface area contributed by atoms with Crippen molar-refractivity contribution in [2.24, 2.45) is 11.8 Å². The van der Waals surface area contributed by atoms with Gasteiger partial charge >= 0.3 is 11.9 Å². The van der Waals surface area contributed by atoms with Gasteiger partial charge in [-0.1, -0.05) is 63.4 Å². The lowest BCUT2D eigenvalue weighted by atomic mass is 9.96. The van der Waals surface area contributed by atoms with Crippen LogP contribution in [0.4, 0.5) is 0 Å². The number of benzene rings is 1. The van der Waals surface area contributed by atoms with Gasteiger partial charge in [0.1, 0.15) is 12.2 Å². The Kier molecular flexibility index (Phi) is 10.1. The van der Waals surface area contributed by atoms with Gasteiger partial charge in [-0.2, -0.15) is 0 Å².